The fourth-order valence-electron chi connectivity index (χ4n) is 3.86. The van der Waals surface area contributed by atoms with Crippen LogP contribution < -0.4 is 5.32 Å². The molecule has 158 valence electrons. The largest absolute Gasteiger partial charge is 0.345 e. The van der Waals surface area contributed by atoms with Gasteiger partial charge < -0.3 is 5.32 Å². The van der Waals surface area contributed by atoms with Gasteiger partial charge in [0.15, 0.2) is 11.5 Å². The van der Waals surface area contributed by atoms with E-state index in [1.807, 2.05) is 24.4 Å². The third-order valence-electron chi connectivity index (χ3n) is 5.67. The molecule has 8 nitrogen and oxygen atoms in total. The lowest BCUT2D eigenvalue weighted by Crippen LogP contribution is -2.38. The summed E-state index contributed by atoms with van der Waals surface area (Å²) < 4.78 is 29.1. The van der Waals surface area contributed by atoms with E-state index in [-0.39, 0.29) is 23.4 Å². The van der Waals surface area contributed by atoms with Gasteiger partial charge in [-0.1, -0.05) is 25.3 Å². The molecular weight excluding hydrogens is 402 g/mol. The number of pyridine rings is 1. The summed E-state index contributed by atoms with van der Waals surface area (Å²) in [6.07, 6.45) is 6.91. The van der Waals surface area contributed by atoms with E-state index in [2.05, 4.69) is 15.5 Å². The summed E-state index contributed by atoms with van der Waals surface area (Å²) in [5.41, 5.74) is 1.10. The van der Waals surface area contributed by atoms with Crippen LogP contribution in [-0.2, 0) is 16.6 Å². The summed E-state index contributed by atoms with van der Waals surface area (Å²) in [5.74, 6) is 0.319. The fourth-order valence-corrected chi connectivity index (χ4v) is 5.27. The van der Waals surface area contributed by atoms with Crippen molar-refractivity contribution in [1.82, 2.24) is 24.2 Å². The van der Waals surface area contributed by atoms with Crippen molar-refractivity contribution in [1.29, 1.82) is 0 Å². The monoisotopic (exact) mass is 427 g/mol. The number of sulfonamides is 1. The molecule has 1 aliphatic carbocycles. The van der Waals surface area contributed by atoms with E-state index in [0.29, 0.717) is 17.0 Å². The average Bonchev–Trinajstić information content (AvgIpc) is 3.20. The number of nitrogens with one attached hydrogen (secondary N) is 1. The van der Waals surface area contributed by atoms with Gasteiger partial charge in [-0.3, -0.25) is 9.20 Å². The summed E-state index contributed by atoms with van der Waals surface area (Å²) in [6, 6.07) is 11.7. The van der Waals surface area contributed by atoms with Crippen molar-refractivity contribution in [2.75, 3.05) is 7.05 Å². The highest BCUT2D eigenvalue weighted by molar-refractivity contribution is 7.89. The van der Waals surface area contributed by atoms with Crippen molar-refractivity contribution in [3.05, 3.63) is 60.0 Å². The lowest BCUT2D eigenvalue weighted by Gasteiger charge is -2.30. The standard InChI is InChI=1S/C21H25N5O3S/c1-25(17-7-3-2-4-8-17)30(28,29)18-12-10-16(11-13-18)21(27)22-15-20-24-23-19-9-5-6-14-26(19)20/h5-6,9-14,17H,2-4,7-8,15H2,1H3,(H,22,27). The zero-order valence-corrected chi connectivity index (χ0v) is 17.7. The molecule has 0 spiro atoms. The molecule has 3 aromatic rings. The van der Waals surface area contributed by atoms with Gasteiger partial charge in [0.25, 0.3) is 5.91 Å². The number of hydrogen-bond donors (Lipinski definition) is 1. The quantitative estimate of drug-likeness (QED) is 0.652. The molecule has 0 bridgehead atoms. The number of carbonyl (C=O) groups is 1. The molecule has 30 heavy (non-hydrogen) atoms. The molecule has 9 heteroatoms. The SMILES string of the molecule is CN(C1CCCCC1)S(=O)(=O)c1ccc(C(=O)NCc2nnc3ccccn23)cc1. The predicted molar refractivity (Wildman–Crippen MR) is 112 cm³/mol. The molecule has 1 aliphatic rings. The van der Waals surface area contributed by atoms with Crippen molar-refractivity contribution in [3.8, 4) is 0 Å². The van der Waals surface area contributed by atoms with Crippen LogP contribution in [0.5, 0.6) is 0 Å². The second-order valence-corrected chi connectivity index (χ2v) is 9.56. The lowest BCUT2D eigenvalue weighted by molar-refractivity contribution is 0.0949. The Morgan fingerprint density at radius 2 is 1.83 bits per heavy atom. The third-order valence-corrected chi connectivity index (χ3v) is 7.60. The molecule has 4 rings (SSSR count). The highest BCUT2D eigenvalue weighted by Gasteiger charge is 2.29. The van der Waals surface area contributed by atoms with E-state index >= 15 is 0 Å². The van der Waals surface area contributed by atoms with Gasteiger partial charge in [0.05, 0.1) is 11.4 Å². The van der Waals surface area contributed by atoms with Crippen LogP contribution in [0.4, 0.5) is 0 Å². The van der Waals surface area contributed by atoms with Crippen molar-refractivity contribution in [2.45, 2.75) is 49.6 Å². The van der Waals surface area contributed by atoms with Crippen molar-refractivity contribution < 1.29 is 13.2 Å². The predicted octanol–water partition coefficient (Wildman–Crippen LogP) is 2.61. The van der Waals surface area contributed by atoms with Crippen LogP contribution in [0.25, 0.3) is 5.65 Å². The van der Waals surface area contributed by atoms with Gasteiger partial charge in [-0.25, -0.2) is 8.42 Å². The van der Waals surface area contributed by atoms with E-state index in [1.165, 1.54) is 22.9 Å². The Labute approximate surface area is 176 Å². The highest BCUT2D eigenvalue weighted by atomic mass is 32.2. The van der Waals surface area contributed by atoms with E-state index in [1.54, 1.807) is 23.6 Å². The van der Waals surface area contributed by atoms with Gasteiger partial charge in [0.2, 0.25) is 10.0 Å². The summed E-state index contributed by atoms with van der Waals surface area (Å²) in [4.78, 5) is 12.7. The fraction of sp³-hybridized carbons (Fsp3) is 0.381. The van der Waals surface area contributed by atoms with Crippen LogP contribution in [0.1, 0.15) is 48.3 Å². The number of hydrogen-bond acceptors (Lipinski definition) is 5. The Balaban J connectivity index is 1.42. The molecule has 1 N–H and O–H groups in total. The van der Waals surface area contributed by atoms with E-state index < -0.39 is 10.0 Å². The van der Waals surface area contributed by atoms with Crippen LogP contribution in [0.3, 0.4) is 0 Å². The van der Waals surface area contributed by atoms with Crippen LogP contribution in [0.2, 0.25) is 0 Å². The molecule has 0 saturated heterocycles. The second kappa shape index (κ2) is 8.53. The number of aromatic nitrogens is 3. The number of nitrogens with zero attached hydrogens (tertiary/aromatic N) is 4. The Morgan fingerprint density at radius 3 is 2.57 bits per heavy atom. The first-order chi connectivity index (χ1) is 14.5. The number of amides is 1. The van der Waals surface area contributed by atoms with Gasteiger partial charge >= 0.3 is 0 Å². The van der Waals surface area contributed by atoms with Crippen molar-refractivity contribution in [3.63, 3.8) is 0 Å². The van der Waals surface area contributed by atoms with Gasteiger partial charge in [0, 0.05) is 24.8 Å². The number of fused-ring (bicyclic) bond motifs is 1. The van der Waals surface area contributed by atoms with Gasteiger partial charge in [-0.2, -0.15) is 4.31 Å². The Hall–Kier alpha value is -2.78. The molecule has 1 fully saturated rings. The minimum Gasteiger partial charge on any atom is -0.345 e. The van der Waals surface area contributed by atoms with Crippen LogP contribution in [0, 0.1) is 0 Å². The summed E-state index contributed by atoms with van der Waals surface area (Å²) in [7, 11) is -1.93. The van der Waals surface area contributed by atoms with Crippen molar-refractivity contribution in [2.24, 2.45) is 0 Å². The zero-order valence-electron chi connectivity index (χ0n) is 16.9. The second-order valence-electron chi connectivity index (χ2n) is 7.57. The third kappa shape index (κ3) is 4.08. The van der Waals surface area contributed by atoms with Gasteiger partial charge in [-0.05, 0) is 49.2 Å². The first-order valence-corrected chi connectivity index (χ1v) is 11.6. The molecular formula is C21H25N5O3S. The maximum Gasteiger partial charge on any atom is 0.251 e. The number of rotatable bonds is 6. The average molecular weight is 428 g/mol. The topological polar surface area (TPSA) is 96.7 Å². The van der Waals surface area contributed by atoms with Crippen LogP contribution in [0.15, 0.2) is 53.6 Å². The van der Waals surface area contributed by atoms with Crippen LogP contribution >= 0.6 is 0 Å². The van der Waals surface area contributed by atoms with Gasteiger partial charge in [-0.15, -0.1) is 10.2 Å². The number of benzene rings is 1. The molecule has 0 atom stereocenters. The molecule has 1 saturated carbocycles. The summed E-state index contributed by atoms with van der Waals surface area (Å²) >= 11 is 0. The number of carbonyl (C=O) groups excluding carboxylic acids is 1. The Morgan fingerprint density at radius 1 is 1.10 bits per heavy atom. The smallest absolute Gasteiger partial charge is 0.251 e. The van der Waals surface area contributed by atoms with E-state index in [9.17, 15) is 13.2 Å². The maximum absolute atomic E-state index is 12.9. The first-order valence-electron chi connectivity index (χ1n) is 10.1. The molecule has 1 aromatic carbocycles. The molecule has 0 unspecified atom stereocenters. The summed E-state index contributed by atoms with van der Waals surface area (Å²) in [5, 5.41) is 10.9. The maximum atomic E-state index is 12.9. The van der Waals surface area contributed by atoms with E-state index in [0.717, 1.165) is 25.7 Å². The Kier molecular flexibility index (Phi) is 5.83. The van der Waals surface area contributed by atoms with Crippen molar-refractivity contribution >= 4 is 21.6 Å². The minimum atomic E-state index is -3.57. The highest BCUT2D eigenvalue weighted by Crippen LogP contribution is 2.26. The lowest BCUT2D eigenvalue weighted by atomic mass is 9.96. The minimum absolute atomic E-state index is 0.0460. The van der Waals surface area contributed by atoms with Gasteiger partial charge in [0.1, 0.15) is 0 Å². The zero-order chi connectivity index (χ0) is 21.1. The first kappa shape index (κ1) is 20.5. The molecule has 0 radical (unpaired) electrons. The normalized spacial score (nSPS) is 15.5. The van der Waals surface area contributed by atoms with Crippen LogP contribution in [-0.4, -0.2) is 46.3 Å². The Bertz CT molecular complexity index is 1130. The van der Waals surface area contributed by atoms with E-state index in [4.69, 9.17) is 0 Å². The molecule has 2 aromatic heterocycles. The molecule has 2 heterocycles. The molecule has 1 amide bonds. The molecule has 0 aliphatic heterocycles. The summed E-state index contributed by atoms with van der Waals surface area (Å²) in [6.45, 7) is 0.217.